The molecule has 0 radical (unpaired) electrons. The van der Waals surface area contributed by atoms with Crippen molar-refractivity contribution in [3.05, 3.63) is 52.5 Å². The highest BCUT2D eigenvalue weighted by atomic mass is 35.5. The first-order valence-electron chi connectivity index (χ1n) is 6.80. The van der Waals surface area contributed by atoms with Crippen LogP contribution in [0, 0.1) is 0 Å². The van der Waals surface area contributed by atoms with Crippen LogP contribution in [0.2, 0.25) is 5.22 Å². The molecule has 0 saturated carbocycles. The Labute approximate surface area is 134 Å². The Bertz CT molecular complexity index is 839. The van der Waals surface area contributed by atoms with Gasteiger partial charge in [-0.1, -0.05) is 18.2 Å². The van der Waals surface area contributed by atoms with Crippen LogP contribution in [0.5, 0.6) is 0 Å². The van der Waals surface area contributed by atoms with Crippen molar-refractivity contribution >= 4 is 22.6 Å². The summed E-state index contributed by atoms with van der Waals surface area (Å²) in [5.74, 6) is 0. The third-order valence-corrected chi connectivity index (χ3v) is 3.76. The van der Waals surface area contributed by atoms with E-state index in [1.54, 1.807) is 24.3 Å². The number of aliphatic hydroxyl groups is 1. The average Bonchev–Trinajstić information content (AvgIpc) is 3.02. The maximum absolute atomic E-state index is 13.0. The number of hydrogen-bond acceptors (Lipinski definition) is 3. The molecule has 0 spiro atoms. The SMILES string of the molecule is OCCc1cn(Cc2c(Cl)oc3ccccc23)nc1C(F)(F)F. The monoisotopic (exact) mass is 344 g/mol. The van der Waals surface area contributed by atoms with Crippen LogP contribution < -0.4 is 0 Å². The lowest BCUT2D eigenvalue weighted by Gasteiger charge is -2.04. The summed E-state index contributed by atoms with van der Waals surface area (Å²) in [4.78, 5) is 0. The zero-order valence-corrected chi connectivity index (χ0v) is 12.5. The molecule has 0 amide bonds. The van der Waals surface area contributed by atoms with Gasteiger partial charge in [0, 0.05) is 29.3 Å². The minimum absolute atomic E-state index is 0.0460. The lowest BCUT2D eigenvalue weighted by atomic mass is 10.2. The van der Waals surface area contributed by atoms with Gasteiger partial charge in [0.1, 0.15) is 5.58 Å². The molecule has 3 rings (SSSR count). The largest absolute Gasteiger partial charge is 0.444 e. The number of nitrogens with zero attached hydrogens (tertiary/aromatic N) is 2. The summed E-state index contributed by atoms with van der Waals surface area (Å²) in [7, 11) is 0. The number of aromatic nitrogens is 2. The molecule has 2 aromatic heterocycles. The molecule has 4 nitrogen and oxygen atoms in total. The summed E-state index contributed by atoms with van der Waals surface area (Å²) < 4.78 is 45.5. The molecule has 1 N–H and O–H groups in total. The molecule has 2 heterocycles. The van der Waals surface area contributed by atoms with Crippen LogP contribution in [0.25, 0.3) is 11.0 Å². The lowest BCUT2D eigenvalue weighted by molar-refractivity contribution is -0.142. The van der Waals surface area contributed by atoms with Crippen LogP contribution in [0.4, 0.5) is 13.2 Å². The minimum Gasteiger partial charge on any atom is -0.444 e. The Morgan fingerprint density at radius 1 is 1.26 bits per heavy atom. The summed E-state index contributed by atoms with van der Waals surface area (Å²) in [6, 6.07) is 7.08. The standard InChI is InChI=1S/C15H12ClF3N2O2/c16-14-11(10-3-1-2-4-12(10)23-14)8-21-7-9(5-6-22)13(20-21)15(17,18)19/h1-4,7,22H,5-6,8H2. The number of hydrogen-bond donors (Lipinski definition) is 1. The predicted octanol–water partition coefficient (Wildman–Crippen LogP) is 3.88. The zero-order chi connectivity index (χ0) is 16.6. The maximum atomic E-state index is 13.0. The molecule has 0 atom stereocenters. The van der Waals surface area contributed by atoms with Gasteiger partial charge in [-0.2, -0.15) is 18.3 Å². The highest BCUT2D eigenvalue weighted by molar-refractivity contribution is 6.30. The normalized spacial score (nSPS) is 12.2. The first kappa shape index (κ1) is 15.9. The Morgan fingerprint density at radius 2 is 2.00 bits per heavy atom. The van der Waals surface area contributed by atoms with Crippen molar-refractivity contribution in [1.29, 1.82) is 0 Å². The highest BCUT2D eigenvalue weighted by Gasteiger charge is 2.37. The molecule has 0 fully saturated rings. The van der Waals surface area contributed by atoms with Gasteiger partial charge in [0.25, 0.3) is 0 Å². The first-order chi connectivity index (χ1) is 10.9. The van der Waals surface area contributed by atoms with E-state index in [1.165, 1.54) is 6.20 Å². The predicted molar refractivity (Wildman–Crippen MR) is 78.3 cm³/mol. The molecular formula is C15H12ClF3N2O2. The highest BCUT2D eigenvalue weighted by Crippen LogP contribution is 2.33. The van der Waals surface area contributed by atoms with E-state index in [2.05, 4.69) is 5.10 Å². The average molecular weight is 345 g/mol. The van der Waals surface area contributed by atoms with E-state index in [1.807, 2.05) is 0 Å². The summed E-state index contributed by atoms with van der Waals surface area (Å²) in [5, 5.41) is 13.4. The molecule has 0 aliphatic carbocycles. The van der Waals surface area contributed by atoms with Gasteiger partial charge < -0.3 is 9.52 Å². The van der Waals surface area contributed by atoms with Crippen molar-refractivity contribution in [3.8, 4) is 0 Å². The van der Waals surface area contributed by atoms with Gasteiger partial charge >= 0.3 is 6.18 Å². The fourth-order valence-electron chi connectivity index (χ4n) is 2.46. The van der Waals surface area contributed by atoms with Gasteiger partial charge in [-0.25, -0.2) is 0 Å². The second-order valence-electron chi connectivity index (χ2n) is 5.02. The Morgan fingerprint density at radius 3 is 2.70 bits per heavy atom. The van der Waals surface area contributed by atoms with E-state index < -0.39 is 11.9 Å². The number of fused-ring (bicyclic) bond motifs is 1. The van der Waals surface area contributed by atoms with Gasteiger partial charge in [-0.05, 0) is 24.1 Å². The van der Waals surface area contributed by atoms with Crippen LogP contribution in [0.1, 0.15) is 16.8 Å². The third kappa shape index (κ3) is 3.07. The number of halogens is 4. The zero-order valence-electron chi connectivity index (χ0n) is 11.8. The van der Waals surface area contributed by atoms with Crippen molar-refractivity contribution in [2.24, 2.45) is 0 Å². The number of aliphatic hydroxyl groups excluding tert-OH is 1. The number of furan rings is 1. The molecule has 0 saturated heterocycles. The van der Waals surface area contributed by atoms with Crippen molar-refractivity contribution in [2.75, 3.05) is 6.61 Å². The summed E-state index contributed by atoms with van der Waals surface area (Å²) in [5.41, 5.74) is 0.0831. The van der Waals surface area contributed by atoms with Crippen LogP contribution in [-0.4, -0.2) is 21.5 Å². The molecule has 0 aliphatic heterocycles. The van der Waals surface area contributed by atoms with E-state index in [-0.39, 0.29) is 30.4 Å². The van der Waals surface area contributed by atoms with Gasteiger partial charge in [-0.15, -0.1) is 0 Å². The van der Waals surface area contributed by atoms with Crippen LogP contribution in [-0.2, 0) is 19.1 Å². The van der Waals surface area contributed by atoms with Gasteiger partial charge in [0.2, 0.25) is 0 Å². The second-order valence-corrected chi connectivity index (χ2v) is 5.37. The molecule has 1 aromatic carbocycles. The van der Waals surface area contributed by atoms with Crippen molar-refractivity contribution in [3.63, 3.8) is 0 Å². The number of para-hydroxylation sites is 1. The molecular weight excluding hydrogens is 333 g/mol. The maximum Gasteiger partial charge on any atom is 0.435 e. The Balaban J connectivity index is 2.01. The van der Waals surface area contributed by atoms with E-state index in [0.717, 1.165) is 10.1 Å². The van der Waals surface area contributed by atoms with Gasteiger partial charge in [0.05, 0.1) is 6.54 Å². The summed E-state index contributed by atoms with van der Waals surface area (Å²) in [6.07, 6.45) is -3.41. The van der Waals surface area contributed by atoms with E-state index in [9.17, 15) is 13.2 Å². The van der Waals surface area contributed by atoms with Crippen LogP contribution in [0.3, 0.4) is 0 Å². The van der Waals surface area contributed by atoms with Gasteiger partial charge in [0.15, 0.2) is 10.9 Å². The number of rotatable bonds is 4. The van der Waals surface area contributed by atoms with E-state index in [0.29, 0.717) is 11.1 Å². The Kier molecular flexibility index (Phi) is 4.08. The number of benzene rings is 1. The quantitative estimate of drug-likeness (QED) is 0.781. The molecule has 0 unspecified atom stereocenters. The fourth-order valence-corrected chi connectivity index (χ4v) is 2.71. The summed E-state index contributed by atoms with van der Waals surface area (Å²) in [6.45, 7) is -0.339. The Hall–Kier alpha value is -1.99. The van der Waals surface area contributed by atoms with Crippen molar-refractivity contribution < 1.29 is 22.7 Å². The first-order valence-corrected chi connectivity index (χ1v) is 7.18. The third-order valence-electron chi connectivity index (χ3n) is 3.46. The number of alkyl halides is 3. The molecule has 122 valence electrons. The van der Waals surface area contributed by atoms with E-state index >= 15 is 0 Å². The fraction of sp³-hybridized carbons (Fsp3) is 0.267. The molecule has 0 aliphatic rings. The topological polar surface area (TPSA) is 51.2 Å². The lowest BCUT2D eigenvalue weighted by Crippen LogP contribution is -2.11. The van der Waals surface area contributed by atoms with Crippen LogP contribution >= 0.6 is 11.6 Å². The molecule has 3 aromatic rings. The smallest absolute Gasteiger partial charge is 0.435 e. The molecule has 23 heavy (non-hydrogen) atoms. The summed E-state index contributed by atoms with van der Waals surface area (Å²) >= 11 is 6.05. The van der Waals surface area contributed by atoms with Crippen LogP contribution in [0.15, 0.2) is 34.9 Å². The van der Waals surface area contributed by atoms with E-state index in [4.69, 9.17) is 21.1 Å². The minimum atomic E-state index is -4.57. The molecule has 0 bridgehead atoms. The van der Waals surface area contributed by atoms with Gasteiger partial charge in [-0.3, -0.25) is 4.68 Å². The van der Waals surface area contributed by atoms with Crippen molar-refractivity contribution in [1.82, 2.24) is 9.78 Å². The molecule has 8 heteroatoms. The second kappa shape index (κ2) is 5.90. The van der Waals surface area contributed by atoms with Crippen molar-refractivity contribution in [2.45, 2.75) is 19.1 Å².